The third-order valence-electron chi connectivity index (χ3n) is 19.4. The summed E-state index contributed by atoms with van der Waals surface area (Å²) < 4.78 is 17.5. The molecule has 0 radical (unpaired) electrons. The normalized spacial score (nSPS) is 29.5. The lowest BCUT2D eigenvalue weighted by Crippen LogP contribution is -2.41. The number of aliphatic hydroxyl groups is 9. The molecule has 6 aliphatic carbocycles. The highest BCUT2D eigenvalue weighted by molar-refractivity contribution is 5.74. The highest BCUT2D eigenvalue weighted by atomic mass is 16.6. The number of hydrogen-bond donors (Lipinski definition) is 12. The van der Waals surface area contributed by atoms with E-state index in [-0.39, 0.29) is 129 Å². The van der Waals surface area contributed by atoms with Gasteiger partial charge in [0.05, 0.1) is 85.8 Å². The summed E-state index contributed by atoms with van der Waals surface area (Å²) in [5, 5.41) is 115. The summed E-state index contributed by atoms with van der Waals surface area (Å²) in [5.41, 5.74) is 3.46. The van der Waals surface area contributed by atoms with Crippen molar-refractivity contribution in [3.63, 3.8) is 0 Å². The lowest BCUT2D eigenvalue weighted by molar-refractivity contribution is -0.162. The number of carbonyl (C=O) groups excluding carboxylic acids is 3. The van der Waals surface area contributed by atoms with Gasteiger partial charge in [-0.1, -0.05) is 82.4 Å². The standard InChI is InChI=1S/3C23H36O7/c2*1-13-7-8-16-5-4-6-20(30-23(29)14(2)15(3)24)22(16)19(13)10-9-17(25)11-18(26)12-21(27)28;1-14-6-7-16-4-3-5-20(30-23(29)15(2)10-11-24)22(16)19(14)9-8-17(25)12-18(26)13-21(27)28/h2*5,7-8,13-15,17-20,22,24-26H,4,6,9-12H2,1-3H3,(H,27,28);4,6-7,14-15,17-20,22,24-26H,3,5,8-13H2,1-2H3,(H,27,28)/t13-,14-,15+,17+,18+,19-,20-,22-;13-,14-,15-,17+,18+,19-,20-,22-;14-,15-,17+,18+,19-,20-,22-/m000/s1. The summed E-state index contributed by atoms with van der Waals surface area (Å²) in [4.78, 5) is 69.5. The van der Waals surface area contributed by atoms with Gasteiger partial charge in [-0.05, 0) is 183 Å². The molecule has 23 atom stereocenters. The highest BCUT2D eigenvalue weighted by Crippen LogP contribution is 2.47. The van der Waals surface area contributed by atoms with Crippen LogP contribution in [-0.4, -0.2) is 171 Å². The Balaban J connectivity index is 0.000000288. The number of ether oxygens (including phenoxy) is 3. The average molecular weight is 1270 g/mol. The summed E-state index contributed by atoms with van der Waals surface area (Å²) in [7, 11) is 0. The molecule has 21 nitrogen and oxygen atoms in total. The van der Waals surface area contributed by atoms with Gasteiger partial charge in [-0.3, -0.25) is 28.8 Å². The maximum Gasteiger partial charge on any atom is 0.311 e. The SMILES string of the molecule is C[C@@H](CCO)C(=O)O[C@H]1CCC=C2C=C[C@H](C)[C@H](CC[C@@H](O)C[C@@H](O)CC(=O)O)[C@H]21.C[C@H](C(=O)O[C@H]1CCC=C2C=C[C@H](C)[C@H](CC[C@@H](O)C[C@@H](O)CC(=O)O)[C@H]21)[C@@H](C)O.C[C@H](O)[C@H](C)C(=O)O[C@H]1CCC=C2C=C[C@H](C)[C@H](CC[C@@H](O)C[C@@H](O)CC(=O)O)[C@H]21. The summed E-state index contributed by atoms with van der Waals surface area (Å²) in [5.74, 6) is -4.54. The Morgan fingerprint density at radius 2 is 0.711 bits per heavy atom. The molecule has 0 aliphatic heterocycles. The van der Waals surface area contributed by atoms with E-state index in [2.05, 4.69) is 75.5 Å². The first kappa shape index (κ1) is 77.3. The van der Waals surface area contributed by atoms with Gasteiger partial charge in [-0.2, -0.15) is 0 Å². The van der Waals surface area contributed by atoms with Crippen LogP contribution in [0, 0.1) is 71.0 Å². The number of fused-ring (bicyclic) bond motifs is 3. The van der Waals surface area contributed by atoms with Crippen LogP contribution in [0.15, 0.2) is 71.4 Å². The Kier molecular flexibility index (Phi) is 32.8. The highest BCUT2D eigenvalue weighted by Gasteiger charge is 2.44. The molecule has 0 amide bonds. The molecule has 0 saturated heterocycles. The summed E-state index contributed by atoms with van der Waals surface area (Å²) in [6.45, 7) is 14.5. The van der Waals surface area contributed by atoms with E-state index in [0.717, 1.165) is 55.2 Å². The van der Waals surface area contributed by atoms with Crippen LogP contribution in [0.25, 0.3) is 0 Å². The van der Waals surface area contributed by atoms with Gasteiger partial charge in [0.2, 0.25) is 0 Å². The van der Waals surface area contributed by atoms with Crippen LogP contribution in [0.5, 0.6) is 0 Å². The zero-order valence-electron chi connectivity index (χ0n) is 54.2. The fourth-order valence-electron chi connectivity index (χ4n) is 13.7. The lowest BCUT2D eigenvalue weighted by Gasteiger charge is -2.42. The van der Waals surface area contributed by atoms with E-state index in [1.807, 2.05) is 0 Å². The van der Waals surface area contributed by atoms with Crippen molar-refractivity contribution < 1.29 is 104 Å². The Bertz CT molecular complexity index is 2370. The van der Waals surface area contributed by atoms with Gasteiger partial charge in [0.1, 0.15) is 18.3 Å². The maximum atomic E-state index is 12.5. The van der Waals surface area contributed by atoms with Crippen molar-refractivity contribution in [3.05, 3.63) is 71.4 Å². The Labute approximate surface area is 531 Å². The zero-order valence-corrected chi connectivity index (χ0v) is 54.2. The fraction of sp³-hybridized carbons (Fsp3) is 0.739. The molecule has 0 spiro atoms. The molecule has 0 bridgehead atoms. The van der Waals surface area contributed by atoms with Crippen molar-refractivity contribution >= 4 is 35.8 Å². The number of allylic oxidation sites excluding steroid dienone is 9. The summed E-state index contributed by atoms with van der Waals surface area (Å²) >= 11 is 0. The molecule has 90 heavy (non-hydrogen) atoms. The quantitative estimate of drug-likeness (QED) is 0.0239. The van der Waals surface area contributed by atoms with Crippen molar-refractivity contribution in [2.24, 2.45) is 71.0 Å². The predicted molar refractivity (Wildman–Crippen MR) is 334 cm³/mol. The van der Waals surface area contributed by atoms with Gasteiger partial charge in [0.25, 0.3) is 0 Å². The molecule has 0 saturated carbocycles. The molecule has 6 aliphatic rings. The second-order valence-electron chi connectivity index (χ2n) is 26.6. The molecule has 0 aromatic carbocycles. The van der Waals surface area contributed by atoms with Crippen molar-refractivity contribution in [1.29, 1.82) is 0 Å². The minimum absolute atomic E-state index is 0.0278. The van der Waals surface area contributed by atoms with E-state index < -0.39 is 90.5 Å². The van der Waals surface area contributed by atoms with Gasteiger partial charge in [-0.15, -0.1) is 0 Å². The average Bonchev–Trinajstić information content (AvgIpc) is 0.832. The molecule has 6 rings (SSSR count). The Morgan fingerprint density at radius 1 is 0.433 bits per heavy atom. The summed E-state index contributed by atoms with van der Waals surface area (Å²) in [6.07, 6.45) is 18.8. The molecule has 12 N–H and O–H groups in total. The second-order valence-corrected chi connectivity index (χ2v) is 26.6. The van der Waals surface area contributed by atoms with Crippen molar-refractivity contribution in [2.75, 3.05) is 6.61 Å². The number of carboxylic acids is 3. The van der Waals surface area contributed by atoms with Crippen molar-refractivity contribution in [3.8, 4) is 0 Å². The van der Waals surface area contributed by atoms with E-state index in [1.165, 1.54) is 0 Å². The molecule has 21 heteroatoms. The van der Waals surface area contributed by atoms with E-state index >= 15 is 0 Å². The Morgan fingerprint density at radius 3 is 0.967 bits per heavy atom. The van der Waals surface area contributed by atoms with Crippen LogP contribution in [0.4, 0.5) is 0 Å². The van der Waals surface area contributed by atoms with Gasteiger partial charge >= 0.3 is 35.8 Å². The number of esters is 3. The molecule has 0 fully saturated rings. The fourth-order valence-corrected chi connectivity index (χ4v) is 13.7. The van der Waals surface area contributed by atoms with E-state index in [0.29, 0.717) is 44.9 Å². The molecule has 510 valence electrons. The third-order valence-corrected chi connectivity index (χ3v) is 19.4. The third kappa shape index (κ3) is 24.7. The van der Waals surface area contributed by atoms with Gasteiger partial charge < -0.3 is 75.5 Å². The molecular weight excluding hydrogens is 1160 g/mol. The smallest absolute Gasteiger partial charge is 0.311 e. The zero-order chi connectivity index (χ0) is 67.1. The minimum Gasteiger partial charge on any atom is -0.481 e. The van der Waals surface area contributed by atoms with E-state index in [9.17, 15) is 69.6 Å². The molecule has 0 unspecified atom stereocenters. The van der Waals surface area contributed by atoms with Crippen LogP contribution in [0.3, 0.4) is 0 Å². The number of hydrogen-bond acceptors (Lipinski definition) is 18. The number of aliphatic carboxylic acids is 3. The van der Waals surface area contributed by atoms with Crippen LogP contribution in [0.1, 0.15) is 177 Å². The number of rotatable bonds is 31. The van der Waals surface area contributed by atoms with Crippen LogP contribution in [-0.2, 0) is 43.0 Å². The number of aliphatic hydroxyl groups excluding tert-OH is 9. The molecule has 0 heterocycles. The second kappa shape index (κ2) is 38.2. The first-order valence-electron chi connectivity index (χ1n) is 32.9. The van der Waals surface area contributed by atoms with Gasteiger partial charge in [-0.25, -0.2) is 0 Å². The van der Waals surface area contributed by atoms with Gasteiger partial charge in [0, 0.05) is 24.4 Å². The van der Waals surface area contributed by atoms with Gasteiger partial charge in [0.15, 0.2) is 0 Å². The first-order chi connectivity index (χ1) is 42.4. The number of carboxylic acid groups (broad SMARTS) is 3. The van der Waals surface area contributed by atoms with Crippen LogP contribution < -0.4 is 0 Å². The van der Waals surface area contributed by atoms with E-state index in [4.69, 9.17) is 34.6 Å². The summed E-state index contributed by atoms with van der Waals surface area (Å²) in [6, 6.07) is 0. The topological polar surface area (TPSA) is 373 Å². The van der Waals surface area contributed by atoms with Crippen molar-refractivity contribution in [1.82, 2.24) is 0 Å². The number of carbonyl (C=O) groups is 6. The lowest BCUT2D eigenvalue weighted by atomic mass is 9.66. The van der Waals surface area contributed by atoms with Crippen LogP contribution in [0.2, 0.25) is 0 Å². The van der Waals surface area contributed by atoms with E-state index in [1.54, 1.807) is 34.6 Å². The molecule has 0 aromatic rings. The molecule has 0 aromatic heterocycles. The van der Waals surface area contributed by atoms with Crippen LogP contribution >= 0.6 is 0 Å². The van der Waals surface area contributed by atoms with Crippen molar-refractivity contribution in [2.45, 2.75) is 245 Å². The minimum atomic E-state index is -1.09. The largest absolute Gasteiger partial charge is 0.481 e. The maximum absolute atomic E-state index is 12.5. The predicted octanol–water partition coefficient (Wildman–Crippen LogP) is 7.32. The monoisotopic (exact) mass is 1270 g/mol. The Hall–Kier alpha value is -5.10. The molecular formula is C69H108O21. The first-order valence-corrected chi connectivity index (χ1v) is 32.9.